The number of halogens is 1. The lowest BCUT2D eigenvalue weighted by Crippen LogP contribution is -2.25. The maximum atomic E-state index is 15.2. The first-order valence-corrected chi connectivity index (χ1v) is 10.4. The number of hydrogen-bond acceptors (Lipinski definition) is 2. The number of rotatable bonds is 7. The summed E-state index contributed by atoms with van der Waals surface area (Å²) >= 11 is 0. The lowest BCUT2D eigenvalue weighted by molar-refractivity contribution is -0.000345. The molecular weight excluding hydrogens is 351 g/mol. The van der Waals surface area contributed by atoms with E-state index < -0.39 is 0 Å². The largest absolute Gasteiger partial charge is 0.494 e. The molecule has 2 aromatic rings. The monoisotopic (exact) mass is 382 g/mol. The number of benzene rings is 2. The van der Waals surface area contributed by atoms with Crippen molar-refractivity contribution in [2.24, 2.45) is 0 Å². The molecule has 3 heteroatoms. The summed E-state index contributed by atoms with van der Waals surface area (Å²) in [7, 11) is 0. The summed E-state index contributed by atoms with van der Waals surface area (Å²) in [6.45, 7) is 7.20. The van der Waals surface area contributed by atoms with Gasteiger partial charge in [0.1, 0.15) is 11.6 Å². The molecule has 28 heavy (non-hydrogen) atoms. The molecule has 1 fully saturated rings. The van der Waals surface area contributed by atoms with E-state index in [1.807, 2.05) is 51.1 Å². The van der Waals surface area contributed by atoms with E-state index in [0.29, 0.717) is 24.9 Å². The summed E-state index contributed by atoms with van der Waals surface area (Å²) in [4.78, 5) is 0. The first-order chi connectivity index (χ1) is 13.6. The van der Waals surface area contributed by atoms with Crippen molar-refractivity contribution in [3.8, 4) is 16.9 Å². The topological polar surface area (TPSA) is 18.5 Å². The molecule has 0 amide bonds. The van der Waals surface area contributed by atoms with Crippen molar-refractivity contribution in [3.05, 3.63) is 65.5 Å². The van der Waals surface area contributed by atoms with Crippen molar-refractivity contribution in [1.29, 1.82) is 0 Å². The molecule has 1 aliphatic heterocycles. The molecule has 1 saturated heterocycles. The van der Waals surface area contributed by atoms with Crippen LogP contribution in [0.5, 0.6) is 5.75 Å². The Morgan fingerprint density at radius 1 is 1.14 bits per heavy atom. The molecule has 0 aromatic heterocycles. The molecule has 3 rings (SSSR count). The van der Waals surface area contributed by atoms with E-state index in [4.69, 9.17) is 9.47 Å². The minimum Gasteiger partial charge on any atom is -0.494 e. The highest BCUT2D eigenvalue weighted by Crippen LogP contribution is 2.35. The summed E-state index contributed by atoms with van der Waals surface area (Å²) in [5, 5.41) is 0. The third kappa shape index (κ3) is 4.82. The summed E-state index contributed by atoms with van der Waals surface area (Å²) in [6.07, 6.45) is 8.85. The quantitative estimate of drug-likeness (QED) is 0.489. The summed E-state index contributed by atoms with van der Waals surface area (Å²) < 4.78 is 26.7. The fraction of sp³-hybridized carbons (Fsp3) is 0.440. The van der Waals surface area contributed by atoms with Crippen LogP contribution in [-0.4, -0.2) is 19.3 Å². The molecule has 0 spiro atoms. The highest BCUT2D eigenvalue weighted by atomic mass is 19.1. The number of ether oxygens (including phenoxy) is 2. The third-order valence-corrected chi connectivity index (χ3v) is 5.61. The van der Waals surface area contributed by atoms with E-state index in [9.17, 15) is 0 Å². The van der Waals surface area contributed by atoms with Crippen molar-refractivity contribution < 1.29 is 13.9 Å². The minimum atomic E-state index is -0.128. The normalized spacial score (nSPS) is 19.9. The van der Waals surface area contributed by atoms with Crippen LogP contribution in [0, 0.1) is 12.7 Å². The van der Waals surface area contributed by atoms with Gasteiger partial charge in [-0.2, -0.15) is 0 Å². The predicted octanol–water partition coefficient (Wildman–Crippen LogP) is 6.82. The van der Waals surface area contributed by atoms with Crippen molar-refractivity contribution >= 4 is 0 Å². The van der Waals surface area contributed by atoms with E-state index in [-0.39, 0.29) is 11.7 Å². The van der Waals surface area contributed by atoms with E-state index in [1.165, 1.54) is 0 Å². The second kappa shape index (κ2) is 9.88. The summed E-state index contributed by atoms with van der Waals surface area (Å²) in [6, 6.07) is 11.6. The molecule has 0 N–H and O–H groups in total. The van der Waals surface area contributed by atoms with Gasteiger partial charge in [0.15, 0.2) is 0 Å². The first kappa shape index (κ1) is 20.6. The van der Waals surface area contributed by atoms with Gasteiger partial charge in [0, 0.05) is 11.5 Å². The fourth-order valence-corrected chi connectivity index (χ4v) is 3.99. The van der Waals surface area contributed by atoms with Gasteiger partial charge in [-0.05, 0) is 75.3 Å². The van der Waals surface area contributed by atoms with Gasteiger partial charge < -0.3 is 9.47 Å². The van der Waals surface area contributed by atoms with Crippen LogP contribution in [0.3, 0.4) is 0 Å². The molecule has 2 unspecified atom stereocenters. The highest BCUT2D eigenvalue weighted by molar-refractivity contribution is 5.66. The van der Waals surface area contributed by atoms with E-state index in [0.717, 1.165) is 48.1 Å². The van der Waals surface area contributed by atoms with Gasteiger partial charge in [0.2, 0.25) is 0 Å². The maximum absolute atomic E-state index is 15.2. The summed E-state index contributed by atoms with van der Waals surface area (Å²) in [5.74, 6) is 0.960. The zero-order chi connectivity index (χ0) is 19.9. The predicted molar refractivity (Wildman–Crippen MR) is 114 cm³/mol. The van der Waals surface area contributed by atoms with Crippen molar-refractivity contribution in [3.63, 3.8) is 0 Å². The summed E-state index contributed by atoms with van der Waals surface area (Å²) in [5.41, 5.74) is 3.34. The fourth-order valence-electron chi connectivity index (χ4n) is 3.99. The first-order valence-electron chi connectivity index (χ1n) is 10.4. The van der Waals surface area contributed by atoms with Gasteiger partial charge in [-0.1, -0.05) is 36.4 Å². The standard InChI is InChI=1S/C25H31FO2/c1-4-6-7-8-21-14-11-20(17-28-21)23-15-16-24(25(26)18(23)3)19-9-12-22(13-10-19)27-5-2/h4,6,9-10,12-13,15-16,20-21H,5,7-8,11,14,17H2,1-3H3/b6-4+. The Balaban J connectivity index is 1.70. The molecule has 150 valence electrons. The molecule has 2 nitrogen and oxygen atoms in total. The lowest BCUT2D eigenvalue weighted by atomic mass is 9.86. The van der Waals surface area contributed by atoms with Crippen LogP contribution in [-0.2, 0) is 4.74 Å². The molecule has 0 bridgehead atoms. The minimum absolute atomic E-state index is 0.128. The Kier molecular flexibility index (Phi) is 7.27. The van der Waals surface area contributed by atoms with Crippen LogP contribution in [0.25, 0.3) is 11.1 Å². The third-order valence-electron chi connectivity index (χ3n) is 5.61. The Bertz CT molecular complexity index is 787. The smallest absolute Gasteiger partial charge is 0.134 e. The van der Waals surface area contributed by atoms with Crippen LogP contribution < -0.4 is 4.74 Å². The molecule has 0 aliphatic carbocycles. The second-order valence-electron chi connectivity index (χ2n) is 7.47. The van der Waals surface area contributed by atoms with Gasteiger partial charge >= 0.3 is 0 Å². The Hall–Kier alpha value is -2.13. The van der Waals surface area contributed by atoms with Crippen molar-refractivity contribution in [1.82, 2.24) is 0 Å². The molecule has 1 heterocycles. The van der Waals surface area contributed by atoms with Crippen molar-refractivity contribution in [2.45, 2.75) is 58.5 Å². The van der Waals surface area contributed by atoms with Gasteiger partial charge in [-0.3, -0.25) is 0 Å². The highest BCUT2D eigenvalue weighted by Gasteiger charge is 2.25. The van der Waals surface area contributed by atoms with Crippen LogP contribution >= 0.6 is 0 Å². The van der Waals surface area contributed by atoms with Gasteiger partial charge in [-0.15, -0.1) is 0 Å². The second-order valence-corrected chi connectivity index (χ2v) is 7.47. The van der Waals surface area contributed by atoms with E-state index in [2.05, 4.69) is 18.2 Å². The lowest BCUT2D eigenvalue weighted by Gasteiger charge is -2.30. The SMILES string of the molecule is C/C=C/CCC1CCC(c2ccc(-c3ccc(OCC)cc3)c(F)c2C)CO1. The molecule has 2 atom stereocenters. The van der Waals surface area contributed by atoms with Gasteiger partial charge in [0.25, 0.3) is 0 Å². The molecular formula is C25H31FO2. The number of hydrogen-bond donors (Lipinski definition) is 0. The Morgan fingerprint density at radius 2 is 1.93 bits per heavy atom. The number of allylic oxidation sites excluding steroid dienone is 2. The average Bonchev–Trinajstić information content (AvgIpc) is 2.72. The molecule has 1 aliphatic rings. The van der Waals surface area contributed by atoms with Crippen LogP contribution in [0.1, 0.15) is 56.6 Å². The zero-order valence-electron chi connectivity index (χ0n) is 17.2. The van der Waals surface area contributed by atoms with Gasteiger partial charge in [-0.25, -0.2) is 4.39 Å². The average molecular weight is 383 g/mol. The van der Waals surface area contributed by atoms with Gasteiger partial charge in [0.05, 0.1) is 19.3 Å². The Morgan fingerprint density at radius 3 is 2.57 bits per heavy atom. The molecule has 0 saturated carbocycles. The van der Waals surface area contributed by atoms with Crippen LogP contribution in [0.2, 0.25) is 0 Å². The van der Waals surface area contributed by atoms with Crippen LogP contribution in [0.4, 0.5) is 4.39 Å². The zero-order valence-corrected chi connectivity index (χ0v) is 17.2. The van der Waals surface area contributed by atoms with Crippen LogP contribution in [0.15, 0.2) is 48.6 Å². The molecule has 0 radical (unpaired) electrons. The Labute approximate surface area is 168 Å². The molecule has 2 aromatic carbocycles. The van der Waals surface area contributed by atoms with E-state index in [1.54, 1.807) is 0 Å². The van der Waals surface area contributed by atoms with Crippen molar-refractivity contribution in [2.75, 3.05) is 13.2 Å². The van der Waals surface area contributed by atoms with E-state index >= 15 is 4.39 Å². The maximum Gasteiger partial charge on any atom is 0.134 e.